The average molecular weight is 745 g/mol. The fraction of sp³-hybridized carbons (Fsp3) is 0.400. The van der Waals surface area contributed by atoms with Gasteiger partial charge in [-0.2, -0.15) is 0 Å². The number of aliphatic carboxylic acids is 2. The van der Waals surface area contributed by atoms with E-state index in [0.717, 1.165) is 74.2 Å². The van der Waals surface area contributed by atoms with Crippen LogP contribution in [0.4, 0.5) is 0 Å². The summed E-state index contributed by atoms with van der Waals surface area (Å²) in [6.07, 6.45) is 2.37. The van der Waals surface area contributed by atoms with Gasteiger partial charge in [-0.25, -0.2) is 9.97 Å². The smallest absolute Gasteiger partial charge is 0.303 e. The molecule has 0 saturated heterocycles. The van der Waals surface area contributed by atoms with Crippen LogP contribution in [0.15, 0.2) is 24.3 Å². The summed E-state index contributed by atoms with van der Waals surface area (Å²) < 4.78 is 8.66. The van der Waals surface area contributed by atoms with E-state index in [2.05, 4.69) is 70.7 Å². The van der Waals surface area contributed by atoms with Crippen molar-refractivity contribution in [3.8, 4) is 0 Å². The zero-order valence-corrected chi connectivity index (χ0v) is 32.4. The normalized spacial score (nSPS) is 12.1. The summed E-state index contributed by atoms with van der Waals surface area (Å²) in [6, 6.07) is 8.19. The van der Waals surface area contributed by atoms with Crippen LogP contribution in [0.3, 0.4) is 0 Å². The van der Waals surface area contributed by atoms with Crippen LogP contribution in [-0.4, -0.2) is 81.3 Å². The molecule has 0 fully saturated rings. The van der Waals surface area contributed by atoms with E-state index in [1.54, 1.807) is 0 Å². The van der Waals surface area contributed by atoms with Crippen LogP contribution in [-0.2, 0) is 41.5 Å². The summed E-state index contributed by atoms with van der Waals surface area (Å²) >= 11 is 0. The summed E-state index contributed by atoms with van der Waals surface area (Å²) in [6.45, 7) is 12.6. The Hall–Kier alpha value is -5.60. The molecule has 14 heteroatoms. The number of nitrogens with one attached hydrogen (secondary N) is 2. The molecule has 54 heavy (non-hydrogen) atoms. The number of H-pyrrole nitrogens is 2. The quantitative estimate of drug-likeness (QED) is 0.129. The number of aromatic amines is 2. The molecule has 3 aromatic heterocycles. The molecule has 2 aliphatic rings. The summed E-state index contributed by atoms with van der Waals surface area (Å²) in [5.41, 5.74) is 24.7. The molecule has 2 aliphatic heterocycles. The lowest BCUT2D eigenvalue weighted by atomic mass is 9.98. The largest absolute Gasteiger partial charge is 0.481 e. The highest BCUT2D eigenvalue weighted by Gasteiger charge is 2.23. The highest BCUT2D eigenvalue weighted by molar-refractivity contribution is 5.96. The molecular weight excluding hydrogens is 692 g/mol. The first kappa shape index (κ1) is 42.8. The van der Waals surface area contributed by atoms with Gasteiger partial charge in [-0.05, 0) is 122 Å². The minimum Gasteiger partial charge on any atom is -0.481 e. The van der Waals surface area contributed by atoms with E-state index in [9.17, 15) is 29.4 Å². The summed E-state index contributed by atoms with van der Waals surface area (Å²) in [4.78, 5) is 59.7. The molecule has 14 nitrogen and oxygen atoms in total. The first-order chi connectivity index (χ1) is 25.6. The number of ether oxygens (including phenoxy) is 2. The van der Waals surface area contributed by atoms with Crippen LogP contribution >= 0.6 is 0 Å². The van der Waals surface area contributed by atoms with Crippen molar-refractivity contribution in [2.24, 2.45) is 11.5 Å². The number of amides is 2. The van der Waals surface area contributed by atoms with Gasteiger partial charge in [0.05, 0.1) is 22.8 Å². The molecule has 2 amide bonds. The van der Waals surface area contributed by atoms with Gasteiger partial charge in [0.2, 0.25) is 11.8 Å². The molecule has 0 aliphatic carbocycles. The van der Waals surface area contributed by atoms with Crippen molar-refractivity contribution in [3.63, 3.8) is 0 Å². The Kier molecular flexibility index (Phi) is 15.4. The van der Waals surface area contributed by atoms with Crippen LogP contribution in [0.1, 0.15) is 98.4 Å². The van der Waals surface area contributed by atoms with Crippen molar-refractivity contribution in [2.75, 3.05) is 27.4 Å². The van der Waals surface area contributed by atoms with Gasteiger partial charge in [0, 0.05) is 49.1 Å². The van der Waals surface area contributed by atoms with Crippen molar-refractivity contribution >= 4 is 68.1 Å². The summed E-state index contributed by atoms with van der Waals surface area (Å²) in [5, 5.41) is 18.9. The van der Waals surface area contributed by atoms with Crippen LogP contribution in [0.5, 0.6) is 0 Å². The lowest BCUT2D eigenvalue weighted by molar-refractivity contribution is -0.137. The Bertz CT molecular complexity index is 2120. The van der Waals surface area contributed by atoms with E-state index >= 15 is 0 Å². The second-order valence-corrected chi connectivity index (χ2v) is 13.0. The number of hydrogen-bond donors (Lipinski definition) is 6. The SMILES string of the molecule is CCc1c(C)c2cc3[nH]c(cc4nc(cc5nc(cc1[nH]2)C(C)=C5CCC(=O)O)C(CCC(=O)O)=C4C)c(C)c3CC.COCC(N)=O.COCC(N)=O. The molecule has 8 N–H and O–H groups in total. The number of aromatic nitrogens is 4. The predicted molar refractivity (Wildman–Crippen MR) is 210 cm³/mol. The van der Waals surface area contributed by atoms with Gasteiger partial charge in [0.25, 0.3) is 0 Å². The maximum absolute atomic E-state index is 11.5. The monoisotopic (exact) mass is 744 g/mol. The Morgan fingerprint density at radius 1 is 0.611 bits per heavy atom. The number of carbonyl (C=O) groups is 4. The topological polar surface area (TPSA) is 237 Å². The molecule has 5 heterocycles. The number of carboxylic acid groups (broad SMARTS) is 2. The van der Waals surface area contributed by atoms with Gasteiger partial charge >= 0.3 is 11.9 Å². The molecule has 0 atom stereocenters. The van der Waals surface area contributed by atoms with Gasteiger partial charge < -0.3 is 41.1 Å². The number of allylic oxidation sites excluding steroid dienone is 4. The van der Waals surface area contributed by atoms with Crippen LogP contribution in [0, 0.1) is 13.8 Å². The van der Waals surface area contributed by atoms with E-state index in [4.69, 9.17) is 9.97 Å². The first-order valence-corrected chi connectivity index (χ1v) is 17.7. The second kappa shape index (κ2) is 19.5. The van der Waals surface area contributed by atoms with Gasteiger partial charge in [-0.1, -0.05) is 13.8 Å². The van der Waals surface area contributed by atoms with E-state index in [1.807, 2.05) is 26.0 Å². The minimum absolute atomic E-state index is 0.0138. The lowest BCUT2D eigenvalue weighted by Crippen LogP contribution is -2.16. The maximum Gasteiger partial charge on any atom is 0.303 e. The van der Waals surface area contributed by atoms with Gasteiger partial charge in [-0.3, -0.25) is 19.2 Å². The molecule has 0 spiro atoms. The Labute approximate surface area is 314 Å². The Balaban J connectivity index is 0.000000566. The molecule has 0 saturated carbocycles. The number of aryl methyl sites for hydroxylation is 4. The number of methoxy groups -OCH3 is 2. The highest BCUT2D eigenvalue weighted by Crippen LogP contribution is 2.38. The predicted octanol–water partition coefficient (Wildman–Crippen LogP) is 5.88. The maximum atomic E-state index is 11.5. The molecule has 3 aromatic rings. The van der Waals surface area contributed by atoms with Crippen molar-refractivity contribution < 1.29 is 38.9 Å². The van der Waals surface area contributed by atoms with Crippen LogP contribution < -0.4 is 11.5 Å². The fourth-order valence-electron chi connectivity index (χ4n) is 6.51. The lowest BCUT2D eigenvalue weighted by Gasteiger charge is -2.05. The zero-order chi connectivity index (χ0) is 40.3. The van der Waals surface area contributed by atoms with Gasteiger partial charge in [0.15, 0.2) is 0 Å². The molecule has 8 bridgehead atoms. The van der Waals surface area contributed by atoms with E-state index in [1.165, 1.54) is 30.9 Å². The number of fused-ring (bicyclic) bond motifs is 8. The average Bonchev–Trinajstić information content (AvgIpc) is 3.75. The number of carboxylic acids is 2. The van der Waals surface area contributed by atoms with E-state index in [0.29, 0.717) is 24.2 Å². The molecular formula is C40H52N6O8. The molecule has 290 valence electrons. The van der Waals surface area contributed by atoms with Crippen molar-refractivity contribution in [2.45, 2.75) is 80.1 Å². The van der Waals surface area contributed by atoms with Gasteiger partial charge in [0.1, 0.15) is 13.2 Å². The molecule has 0 unspecified atom stereocenters. The number of nitrogens with zero attached hydrogens (tertiary/aromatic N) is 2. The van der Waals surface area contributed by atoms with Crippen molar-refractivity contribution in [3.05, 3.63) is 69.3 Å². The van der Waals surface area contributed by atoms with Crippen LogP contribution in [0.25, 0.3) is 44.4 Å². The third-order valence-electron chi connectivity index (χ3n) is 9.26. The highest BCUT2D eigenvalue weighted by atomic mass is 16.5. The number of hydrogen-bond acceptors (Lipinski definition) is 8. The number of rotatable bonds is 12. The van der Waals surface area contributed by atoms with Gasteiger partial charge in [-0.15, -0.1) is 0 Å². The Morgan fingerprint density at radius 3 is 1.31 bits per heavy atom. The zero-order valence-electron chi connectivity index (χ0n) is 32.4. The first-order valence-electron chi connectivity index (χ1n) is 17.7. The third kappa shape index (κ3) is 10.7. The molecule has 0 radical (unpaired) electrons. The van der Waals surface area contributed by atoms with Crippen molar-refractivity contribution in [1.29, 1.82) is 0 Å². The van der Waals surface area contributed by atoms with E-state index < -0.39 is 23.8 Å². The number of carbonyl (C=O) groups excluding carboxylic acids is 2. The summed E-state index contributed by atoms with van der Waals surface area (Å²) in [5.74, 6) is -2.60. The number of nitrogens with two attached hydrogens (primary N) is 2. The third-order valence-corrected chi connectivity index (χ3v) is 9.26. The standard InChI is InChI=1S/C34H38N4O4.2C3H7NO2/c1-7-21-17(3)25-13-26-19(5)23(9-11-33(39)40)31(37-26)16-32-24(10-12-34(41)42)20(6)28(38-32)15-30-22(8-2)18(4)27(36-30)14-29(21)35-25;2*1-6-2-3(4)5/h13-16,35-36H,7-12H2,1-6H3,(H,39,40)(H,41,42);2*2H2,1H3,(H2,4,5). The summed E-state index contributed by atoms with van der Waals surface area (Å²) in [7, 11) is 2.84. The minimum atomic E-state index is -0.869. The van der Waals surface area contributed by atoms with E-state index in [-0.39, 0.29) is 26.1 Å². The molecule has 0 aromatic carbocycles. The second-order valence-electron chi connectivity index (χ2n) is 13.0. The fourth-order valence-corrected chi connectivity index (χ4v) is 6.51. The number of primary amides is 2. The Morgan fingerprint density at radius 2 is 0.981 bits per heavy atom. The van der Waals surface area contributed by atoms with Crippen molar-refractivity contribution in [1.82, 2.24) is 19.9 Å². The van der Waals surface area contributed by atoms with Crippen LogP contribution in [0.2, 0.25) is 0 Å². The molecule has 5 rings (SSSR count).